The van der Waals surface area contributed by atoms with Crippen molar-refractivity contribution in [2.75, 3.05) is 7.05 Å². The van der Waals surface area contributed by atoms with Crippen LogP contribution in [0.15, 0.2) is 18.6 Å². The van der Waals surface area contributed by atoms with Crippen molar-refractivity contribution in [3.05, 3.63) is 23.5 Å². The molecular weight excluding hydrogens is 246 g/mol. The summed E-state index contributed by atoms with van der Waals surface area (Å²) in [7, 11) is 1.93. The molecule has 0 aromatic carbocycles. The van der Waals surface area contributed by atoms with Gasteiger partial charge < -0.3 is 4.90 Å². The molecule has 96 valence electrons. The summed E-state index contributed by atoms with van der Waals surface area (Å²) in [6.45, 7) is 0. The Morgan fingerprint density at radius 2 is 2.22 bits per heavy atom. The number of hydrogen-bond donors (Lipinski definition) is 0. The number of amides is 1. The fourth-order valence-corrected chi connectivity index (χ4v) is 3.56. The van der Waals surface area contributed by atoms with Gasteiger partial charge in [-0.25, -0.2) is 4.98 Å². The quantitative estimate of drug-likeness (QED) is 0.835. The van der Waals surface area contributed by atoms with Crippen molar-refractivity contribution in [1.29, 1.82) is 0 Å². The second-order valence-corrected chi connectivity index (χ2v) is 5.93. The van der Waals surface area contributed by atoms with Crippen molar-refractivity contribution in [3.63, 3.8) is 0 Å². The summed E-state index contributed by atoms with van der Waals surface area (Å²) >= 11 is 1.47. The zero-order valence-electron chi connectivity index (χ0n) is 10.5. The third-order valence-corrected chi connectivity index (χ3v) is 4.74. The molecule has 0 atom stereocenters. The van der Waals surface area contributed by atoms with Gasteiger partial charge in [-0.05, 0) is 12.8 Å². The lowest BCUT2D eigenvalue weighted by atomic mass is 9.94. The van der Waals surface area contributed by atoms with Gasteiger partial charge in [-0.15, -0.1) is 0 Å². The van der Waals surface area contributed by atoms with E-state index in [4.69, 9.17) is 0 Å². The lowest BCUT2D eigenvalue weighted by Crippen LogP contribution is -2.37. The summed E-state index contributed by atoms with van der Waals surface area (Å²) in [4.78, 5) is 20.2. The van der Waals surface area contributed by atoms with E-state index in [9.17, 15) is 4.79 Å². The van der Waals surface area contributed by atoms with Crippen LogP contribution in [-0.2, 0) is 0 Å². The van der Waals surface area contributed by atoms with Crippen molar-refractivity contribution in [2.45, 2.75) is 38.1 Å². The minimum absolute atomic E-state index is 0.136. The molecule has 0 saturated heterocycles. The van der Waals surface area contributed by atoms with E-state index in [1.807, 2.05) is 28.7 Å². The Bertz CT molecular complexity index is 525. The van der Waals surface area contributed by atoms with Gasteiger partial charge >= 0.3 is 0 Å². The van der Waals surface area contributed by atoms with E-state index in [-0.39, 0.29) is 5.91 Å². The number of rotatable bonds is 2. The van der Waals surface area contributed by atoms with Crippen LogP contribution in [0.1, 0.15) is 41.8 Å². The molecule has 0 N–H and O–H groups in total. The number of thiazole rings is 1. The fourth-order valence-electron chi connectivity index (χ4n) is 2.63. The van der Waals surface area contributed by atoms with E-state index >= 15 is 0 Å². The molecule has 1 aliphatic carbocycles. The van der Waals surface area contributed by atoms with Crippen LogP contribution in [0.2, 0.25) is 0 Å². The number of imidazole rings is 1. The van der Waals surface area contributed by atoms with E-state index < -0.39 is 0 Å². The van der Waals surface area contributed by atoms with Crippen LogP contribution >= 0.6 is 11.3 Å². The van der Waals surface area contributed by atoms with Gasteiger partial charge in [0.2, 0.25) is 0 Å². The molecule has 2 aromatic heterocycles. The van der Waals surface area contributed by atoms with Crippen molar-refractivity contribution in [2.24, 2.45) is 0 Å². The fraction of sp³-hybridized carbons (Fsp3) is 0.538. The molecule has 0 unspecified atom stereocenters. The lowest BCUT2D eigenvalue weighted by molar-refractivity contribution is 0.0701. The molecule has 1 fully saturated rings. The van der Waals surface area contributed by atoms with Gasteiger partial charge in [0, 0.05) is 31.7 Å². The lowest BCUT2D eigenvalue weighted by Gasteiger charge is -2.30. The van der Waals surface area contributed by atoms with Crippen LogP contribution in [0.5, 0.6) is 0 Å². The van der Waals surface area contributed by atoms with Gasteiger partial charge in [0.15, 0.2) is 4.96 Å². The maximum atomic E-state index is 12.4. The second kappa shape index (κ2) is 4.72. The van der Waals surface area contributed by atoms with Crippen LogP contribution in [0.4, 0.5) is 0 Å². The molecule has 0 radical (unpaired) electrons. The van der Waals surface area contributed by atoms with Gasteiger partial charge in [-0.3, -0.25) is 9.20 Å². The van der Waals surface area contributed by atoms with Crippen LogP contribution in [0.3, 0.4) is 0 Å². The molecule has 2 heterocycles. The SMILES string of the molecule is CN(C(=O)c1cn2ccnc2s1)C1CCCCC1. The average molecular weight is 263 g/mol. The maximum absolute atomic E-state index is 12.4. The van der Waals surface area contributed by atoms with Gasteiger partial charge in [0.1, 0.15) is 4.88 Å². The standard InChI is InChI=1S/C13H17N3OS/c1-15(10-5-3-2-4-6-10)12(17)11-9-16-8-7-14-13(16)18-11/h7-10H,2-6H2,1H3. The number of hydrogen-bond acceptors (Lipinski definition) is 3. The average Bonchev–Trinajstić information content (AvgIpc) is 2.99. The number of fused-ring (bicyclic) bond motifs is 1. The zero-order valence-corrected chi connectivity index (χ0v) is 11.3. The van der Waals surface area contributed by atoms with Crippen LogP contribution < -0.4 is 0 Å². The number of carbonyl (C=O) groups excluding carboxylic acids is 1. The Labute approximate surface area is 110 Å². The molecule has 1 amide bonds. The van der Waals surface area contributed by atoms with Gasteiger partial charge in [-0.1, -0.05) is 30.6 Å². The number of nitrogens with zero attached hydrogens (tertiary/aromatic N) is 3. The van der Waals surface area contributed by atoms with Gasteiger partial charge in [-0.2, -0.15) is 0 Å². The van der Waals surface area contributed by atoms with Crippen LogP contribution in [0.25, 0.3) is 4.96 Å². The predicted molar refractivity (Wildman–Crippen MR) is 72.0 cm³/mol. The Kier molecular flexibility index (Phi) is 3.07. The largest absolute Gasteiger partial charge is 0.338 e. The summed E-state index contributed by atoms with van der Waals surface area (Å²) in [5.41, 5.74) is 0. The molecule has 18 heavy (non-hydrogen) atoms. The monoisotopic (exact) mass is 263 g/mol. The minimum atomic E-state index is 0.136. The summed E-state index contributed by atoms with van der Waals surface area (Å²) in [6, 6.07) is 0.417. The molecule has 2 aromatic rings. The highest BCUT2D eigenvalue weighted by atomic mass is 32.1. The van der Waals surface area contributed by atoms with Crippen molar-refractivity contribution < 1.29 is 4.79 Å². The second-order valence-electron chi connectivity index (χ2n) is 4.92. The smallest absolute Gasteiger partial charge is 0.265 e. The molecule has 3 rings (SSSR count). The normalized spacial score (nSPS) is 17.2. The molecule has 0 aliphatic heterocycles. The van der Waals surface area contributed by atoms with E-state index in [0.29, 0.717) is 6.04 Å². The highest BCUT2D eigenvalue weighted by Crippen LogP contribution is 2.24. The summed E-state index contributed by atoms with van der Waals surface area (Å²) < 4.78 is 1.91. The number of aromatic nitrogens is 2. The zero-order chi connectivity index (χ0) is 12.5. The third-order valence-electron chi connectivity index (χ3n) is 3.74. The first-order valence-corrected chi connectivity index (χ1v) is 7.27. The highest BCUT2D eigenvalue weighted by molar-refractivity contribution is 7.18. The van der Waals surface area contributed by atoms with E-state index in [0.717, 1.165) is 22.7 Å². The van der Waals surface area contributed by atoms with Gasteiger partial charge in [0.05, 0.1) is 0 Å². The van der Waals surface area contributed by atoms with E-state index in [2.05, 4.69) is 4.98 Å². The summed E-state index contributed by atoms with van der Waals surface area (Å²) in [6.07, 6.45) is 11.6. The minimum Gasteiger partial charge on any atom is -0.338 e. The molecule has 0 bridgehead atoms. The van der Waals surface area contributed by atoms with Crippen LogP contribution in [0, 0.1) is 0 Å². The highest BCUT2D eigenvalue weighted by Gasteiger charge is 2.24. The first-order chi connectivity index (χ1) is 8.75. The molecular formula is C13H17N3OS. The van der Waals surface area contributed by atoms with Crippen molar-refractivity contribution in [1.82, 2.24) is 14.3 Å². The van der Waals surface area contributed by atoms with Crippen molar-refractivity contribution >= 4 is 22.2 Å². The first kappa shape index (κ1) is 11.7. The van der Waals surface area contributed by atoms with E-state index in [1.165, 1.54) is 30.6 Å². The van der Waals surface area contributed by atoms with Crippen molar-refractivity contribution in [3.8, 4) is 0 Å². The Morgan fingerprint density at radius 1 is 1.44 bits per heavy atom. The molecule has 1 aliphatic rings. The molecule has 5 heteroatoms. The van der Waals surface area contributed by atoms with Crippen LogP contribution in [-0.4, -0.2) is 33.3 Å². The first-order valence-electron chi connectivity index (χ1n) is 6.45. The molecule has 1 saturated carbocycles. The summed E-state index contributed by atoms with van der Waals surface area (Å²) in [5, 5.41) is 0. The Balaban J connectivity index is 1.78. The van der Waals surface area contributed by atoms with Gasteiger partial charge in [0.25, 0.3) is 5.91 Å². The predicted octanol–water partition coefficient (Wildman–Crippen LogP) is 2.80. The van der Waals surface area contributed by atoms with E-state index in [1.54, 1.807) is 6.20 Å². The maximum Gasteiger partial charge on any atom is 0.265 e. The topological polar surface area (TPSA) is 37.6 Å². The number of carbonyl (C=O) groups is 1. The third kappa shape index (κ3) is 2.03. The Morgan fingerprint density at radius 3 is 2.94 bits per heavy atom. The molecule has 0 spiro atoms. The Hall–Kier alpha value is -1.36. The summed E-state index contributed by atoms with van der Waals surface area (Å²) in [5.74, 6) is 0.136. The molecule has 4 nitrogen and oxygen atoms in total.